The van der Waals surface area contributed by atoms with Crippen LogP contribution in [0.15, 0.2) is 42.5 Å². The van der Waals surface area contributed by atoms with Gasteiger partial charge in [-0.2, -0.15) is 13.2 Å². The Hall–Kier alpha value is -3.47. The molecule has 44 heavy (non-hydrogen) atoms. The lowest BCUT2D eigenvalue weighted by atomic mass is 10.1. The van der Waals surface area contributed by atoms with Crippen LogP contribution in [0.2, 0.25) is 0 Å². The Morgan fingerprint density at radius 1 is 1.07 bits per heavy atom. The van der Waals surface area contributed by atoms with Crippen LogP contribution in [0.4, 0.5) is 23.7 Å². The van der Waals surface area contributed by atoms with Gasteiger partial charge in [-0.25, -0.2) is 4.79 Å². The fourth-order valence-corrected chi connectivity index (χ4v) is 5.26. The minimum absolute atomic E-state index is 0.0175. The van der Waals surface area contributed by atoms with Crippen molar-refractivity contribution < 1.29 is 32.2 Å². The number of alkyl halides is 3. The third-order valence-electron chi connectivity index (χ3n) is 7.69. The van der Waals surface area contributed by atoms with Crippen LogP contribution in [0.1, 0.15) is 64.2 Å². The minimum Gasteiger partial charge on any atom is -0.490 e. The van der Waals surface area contributed by atoms with Crippen molar-refractivity contribution in [2.75, 3.05) is 44.6 Å². The summed E-state index contributed by atoms with van der Waals surface area (Å²) in [6.07, 6.45) is -2.58. The number of rotatable bonds is 11. The molecule has 0 atom stereocenters. The maximum absolute atomic E-state index is 13.8. The molecule has 0 aromatic heterocycles. The second-order valence-electron chi connectivity index (χ2n) is 12.9. The molecular weight excluding hydrogens is 573 g/mol. The zero-order valence-electron chi connectivity index (χ0n) is 26.4. The maximum atomic E-state index is 13.8. The number of nitrogens with one attached hydrogen (secondary N) is 1. The Kier molecular flexibility index (Phi) is 10.7. The zero-order chi connectivity index (χ0) is 32.1. The van der Waals surface area contributed by atoms with E-state index < -0.39 is 29.3 Å². The number of ether oxygens (including phenoxy) is 2. The number of hydrogen-bond acceptors (Lipinski definition) is 6. The normalized spacial score (nSPS) is 15.7. The molecule has 1 aliphatic heterocycles. The molecule has 1 saturated carbocycles. The summed E-state index contributed by atoms with van der Waals surface area (Å²) in [7, 11) is 0. The second-order valence-corrected chi connectivity index (χ2v) is 12.9. The van der Waals surface area contributed by atoms with Crippen LogP contribution in [0.3, 0.4) is 0 Å². The Balaban J connectivity index is 1.51. The molecule has 4 rings (SSSR count). The molecule has 2 aliphatic rings. The van der Waals surface area contributed by atoms with Crippen LogP contribution in [-0.4, -0.2) is 77.7 Å². The highest BCUT2D eigenvalue weighted by Gasteiger charge is 2.34. The van der Waals surface area contributed by atoms with Gasteiger partial charge in [0.05, 0.1) is 17.8 Å². The topological polar surface area (TPSA) is 74.4 Å². The van der Waals surface area contributed by atoms with Gasteiger partial charge in [0.1, 0.15) is 18.0 Å². The van der Waals surface area contributed by atoms with E-state index in [1.54, 1.807) is 20.8 Å². The fourth-order valence-electron chi connectivity index (χ4n) is 5.26. The first-order valence-corrected chi connectivity index (χ1v) is 15.3. The van der Waals surface area contributed by atoms with E-state index in [-0.39, 0.29) is 37.8 Å². The van der Waals surface area contributed by atoms with E-state index in [9.17, 15) is 22.8 Å². The van der Waals surface area contributed by atoms with E-state index in [1.165, 1.54) is 40.8 Å². The summed E-state index contributed by atoms with van der Waals surface area (Å²) >= 11 is 0. The summed E-state index contributed by atoms with van der Waals surface area (Å²) in [5.41, 5.74) is 0.157. The number of amides is 2. The van der Waals surface area contributed by atoms with Crippen molar-refractivity contribution in [1.82, 2.24) is 14.7 Å². The van der Waals surface area contributed by atoms with Crippen molar-refractivity contribution in [3.8, 4) is 5.75 Å². The van der Waals surface area contributed by atoms with E-state index in [0.29, 0.717) is 18.0 Å². The van der Waals surface area contributed by atoms with Gasteiger partial charge in [0.2, 0.25) is 5.91 Å². The molecule has 1 fully saturated rings. The van der Waals surface area contributed by atoms with Crippen LogP contribution < -0.4 is 10.1 Å². The number of halogens is 3. The van der Waals surface area contributed by atoms with Gasteiger partial charge in [-0.15, -0.1) is 0 Å². The molecule has 8 nitrogen and oxygen atoms in total. The molecule has 1 aliphatic carbocycles. The number of anilines is 1. The summed E-state index contributed by atoms with van der Waals surface area (Å²) in [5.74, 6) is 1.05. The van der Waals surface area contributed by atoms with Gasteiger partial charge in [-0.1, -0.05) is 30.3 Å². The van der Waals surface area contributed by atoms with Crippen LogP contribution in [-0.2, 0) is 28.8 Å². The predicted molar refractivity (Wildman–Crippen MR) is 163 cm³/mol. The Morgan fingerprint density at radius 2 is 1.80 bits per heavy atom. The summed E-state index contributed by atoms with van der Waals surface area (Å²) < 4.78 is 53.2. The van der Waals surface area contributed by atoms with Gasteiger partial charge >= 0.3 is 12.3 Å². The number of hydrogen-bond donors (Lipinski definition) is 1. The summed E-state index contributed by atoms with van der Waals surface area (Å²) in [4.78, 5) is 31.8. The molecule has 2 aromatic carbocycles. The molecular formula is C33H45F3N4O4. The lowest BCUT2D eigenvalue weighted by Crippen LogP contribution is -2.46. The average Bonchev–Trinajstić information content (AvgIpc) is 3.76. The maximum Gasteiger partial charge on any atom is 0.416 e. The monoisotopic (exact) mass is 618 g/mol. The first-order valence-electron chi connectivity index (χ1n) is 15.3. The molecule has 0 unspecified atom stereocenters. The van der Waals surface area contributed by atoms with Crippen molar-refractivity contribution in [2.24, 2.45) is 5.92 Å². The SMILES string of the molecule is CC(C)N(CCN(Cc1ccccc1C(F)(F)F)C(=O)CNc1cccc2c1OCCN(CC1CC1)C2)C(=O)OC(C)(C)C. The van der Waals surface area contributed by atoms with Gasteiger partial charge in [-0.3, -0.25) is 9.69 Å². The highest BCUT2D eigenvalue weighted by Crippen LogP contribution is 2.35. The van der Waals surface area contributed by atoms with Crippen molar-refractivity contribution >= 4 is 17.7 Å². The molecule has 0 radical (unpaired) electrons. The molecule has 0 spiro atoms. The molecule has 2 aromatic rings. The van der Waals surface area contributed by atoms with E-state index >= 15 is 0 Å². The van der Waals surface area contributed by atoms with E-state index in [4.69, 9.17) is 9.47 Å². The van der Waals surface area contributed by atoms with Gasteiger partial charge in [0, 0.05) is 50.9 Å². The standard InChI is InChI=1S/C33H45F3N4O4/c1-23(2)40(31(42)44-32(3,4)5)16-15-39(22-25-9-6-7-11-27(25)33(34,35)36)29(41)19-37-28-12-8-10-26-21-38(20-24-13-14-24)17-18-43-30(26)28/h6-12,23-24,37H,13-22H2,1-5H3. The lowest BCUT2D eigenvalue weighted by Gasteiger charge is -2.32. The highest BCUT2D eigenvalue weighted by atomic mass is 19.4. The molecule has 1 heterocycles. The third-order valence-corrected chi connectivity index (χ3v) is 7.69. The number of nitrogens with zero attached hydrogens (tertiary/aromatic N) is 3. The molecule has 2 amide bonds. The molecule has 0 bridgehead atoms. The first kappa shape index (κ1) is 33.4. The van der Waals surface area contributed by atoms with Crippen molar-refractivity contribution in [3.05, 3.63) is 59.2 Å². The lowest BCUT2D eigenvalue weighted by molar-refractivity contribution is -0.139. The van der Waals surface area contributed by atoms with E-state index in [1.807, 2.05) is 32.0 Å². The quantitative estimate of drug-likeness (QED) is 0.315. The average molecular weight is 619 g/mol. The number of benzene rings is 2. The van der Waals surface area contributed by atoms with Crippen molar-refractivity contribution in [3.63, 3.8) is 0 Å². The summed E-state index contributed by atoms with van der Waals surface area (Å²) in [5, 5.41) is 3.18. The number of carbonyl (C=O) groups excluding carboxylic acids is 2. The zero-order valence-corrected chi connectivity index (χ0v) is 26.4. The first-order chi connectivity index (χ1) is 20.7. The van der Waals surface area contributed by atoms with E-state index in [0.717, 1.165) is 37.2 Å². The highest BCUT2D eigenvalue weighted by molar-refractivity contribution is 5.82. The van der Waals surface area contributed by atoms with Crippen molar-refractivity contribution in [2.45, 2.75) is 78.4 Å². The number of carbonyl (C=O) groups is 2. The van der Waals surface area contributed by atoms with Gasteiger partial charge in [-0.05, 0) is 71.1 Å². The molecule has 1 N–H and O–H groups in total. The third kappa shape index (κ3) is 9.51. The smallest absolute Gasteiger partial charge is 0.416 e. The van der Waals surface area contributed by atoms with E-state index in [2.05, 4.69) is 10.2 Å². The summed E-state index contributed by atoms with van der Waals surface area (Å²) in [6, 6.07) is 10.8. The predicted octanol–water partition coefficient (Wildman–Crippen LogP) is 6.40. The Morgan fingerprint density at radius 3 is 2.45 bits per heavy atom. The van der Waals surface area contributed by atoms with Gasteiger partial charge in [0.15, 0.2) is 0 Å². The largest absolute Gasteiger partial charge is 0.490 e. The summed E-state index contributed by atoms with van der Waals surface area (Å²) in [6.45, 7) is 11.8. The Labute approximate surface area is 258 Å². The molecule has 242 valence electrons. The van der Waals surface area contributed by atoms with Gasteiger partial charge < -0.3 is 24.6 Å². The van der Waals surface area contributed by atoms with Crippen LogP contribution >= 0.6 is 0 Å². The Bertz CT molecular complexity index is 1290. The van der Waals surface area contributed by atoms with Crippen molar-refractivity contribution in [1.29, 1.82) is 0 Å². The number of fused-ring (bicyclic) bond motifs is 1. The second kappa shape index (κ2) is 14.1. The minimum atomic E-state index is -4.57. The van der Waals surface area contributed by atoms with Gasteiger partial charge in [0.25, 0.3) is 0 Å². The molecule has 11 heteroatoms. The number of para-hydroxylation sites is 1. The van der Waals surface area contributed by atoms with Crippen LogP contribution in [0.5, 0.6) is 5.75 Å². The fraction of sp³-hybridized carbons (Fsp3) is 0.576. The van der Waals surface area contributed by atoms with Crippen LogP contribution in [0.25, 0.3) is 0 Å². The van der Waals surface area contributed by atoms with Crippen LogP contribution in [0, 0.1) is 5.92 Å². The molecule has 0 saturated heterocycles.